The second kappa shape index (κ2) is 7.01. The predicted molar refractivity (Wildman–Crippen MR) is 77.7 cm³/mol. The molecule has 1 aromatic carbocycles. The quantitative estimate of drug-likeness (QED) is 0.877. The number of nitrogens with one attached hydrogen (secondary N) is 1. The standard InChI is InChI=1S/C16H25FN2/c1-13(14-6-5-7-15(17)12-14)18-10-9-16-8-3-4-11-19(16)2/h5-7,12-13,16,18H,3-4,8-11H2,1-2H3. The minimum atomic E-state index is -0.154. The zero-order valence-electron chi connectivity index (χ0n) is 12.0. The van der Waals surface area contributed by atoms with Crippen molar-refractivity contribution in [3.8, 4) is 0 Å². The second-order valence-electron chi connectivity index (χ2n) is 5.65. The summed E-state index contributed by atoms with van der Waals surface area (Å²) in [5.74, 6) is -0.154. The van der Waals surface area contributed by atoms with E-state index in [-0.39, 0.29) is 11.9 Å². The third-order valence-electron chi connectivity index (χ3n) is 4.20. The number of hydrogen-bond donors (Lipinski definition) is 1. The molecule has 1 saturated heterocycles. The lowest BCUT2D eigenvalue weighted by atomic mass is 10.00. The van der Waals surface area contributed by atoms with E-state index in [0.717, 1.165) is 12.1 Å². The second-order valence-corrected chi connectivity index (χ2v) is 5.65. The topological polar surface area (TPSA) is 15.3 Å². The summed E-state index contributed by atoms with van der Waals surface area (Å²) in [7, 11) is 2.22. The maximum atomic E-state index is 13.2. The van der Waals surface area contributed by atoms with E-state index in [1.54, 1.807) is 12.1 Å². The number of rotatable bonds is 5. The van der Waals surface area contributed by atoms with E-state index in [4.69, 9.17) is 0 Å². The zero-order chi connectivity index (χ0) is 13.7. The highest BCUT2D eigenvalue weighted by Gasteiger charge is 2.18. The SMILES string of the molecule is CC(NCCC1CCCCN1C)c1cccc(F)c1. The number of likely N-dealkylation sites (tertiary alicyclic amines) is 1. The van der Waals surface area contributed by atoms with Gasteiger partial charge in [-0.25, -0.2) is 4.39 Å². The van der Waals surface area contributed by atoms with Crippen molar-refractivity contribution in [2.45, 2.75) is 44.7 Å². The van der Waals surface area contributed by atoms with Gasteiger partial charge in [-0.1, -0.05) is 18.6 Å². The monoisotopic (exact) mass is 264 g/mol. The molecule has 2 nitrogen and oxygen atoms in total. The van der Waals surface area contributed by atoms with Crippen molar-refractivity contribution in [1.29, 1.82) is 0 Å². The van der Waals surface area contributed by atoms with Crippen LogP contribution in [0, 0.1) is 5.82 Å². The van der Waals surface area contributed by atoms with Crippen LogP contribution in [0.15, 0.2) is 24.3 Å². The Bertz CT molecular complexity index is 394. The van der Waals surface area contributed by atoms with Crippen LogP contribution < -0.4 is 5.32 Å². The first-order valence-electron chi connectivity index (χ1n) is 7.36. The fourth-order valence-corrected chi connectivity index (χ4v) is 2.87. The summed E-state index contributed by atoms with van der Waals surface area (Å²) in [5, 5.41) is 3.50. The highest BCUT2D eigenvalue weighted by molar-refractivity contribution is 5.19. The number of benzene rings is 1. The lowest BCUT2D eigenvalue weighted by Crippen LogP contribution is -2.38. The van der Waals surface area contributed by atoms with Gasteiger partial charge < -0.3 is 10.2 Å². The van der Waals surface area contributed by atoms with Gasteiger partial charge in [0.1, 0.15) is 5.82 Å². The van der Waals surface area contributed by atoms with E-state index < -0.39 is 0 Å². The van der Waals surface area contributed by atoms with Gasteiger partial charge in [0.2, 0.25) is 0 Å². The van der Waals surface area contributed by atoms with Crippen molar-refractivity contribution in [2.75, 3.05) is 20.1 Å². The van der Waals surface area contributed by atoms with Crippen molar-refractivity contribution in [3.05, 3.63) is 35.6 Å². The van der Waals surface area contributed by atoms with Crippen LogP contribution in [0.3, 0.4) is 0 Å². The van der Waals surface area contributed by atoms with E-state index in [0.29, 0.717) is 6.04 Å². The minimum absolute atomic E-state index is 0.154. The molecule has 0 spiro atoms. The Kier molecular flexibility index (Phi) is 5.34. The first kappa shape index (κ1) is 14.5. The Hall–Kier alpha value is -0.930. The molecule has 19 heavy (non-hydrogen) atoms. The summed E-state index contributed by atoms with van der Waals surface area (Å²) in [6.45, 7) is 4.32. The van der Waals surface area contributed by atoms with Crippen molar-refractivity contribution >= 4 is 0 Å². The number of halogens is 1. The molecule has 1 fully saturated rings. The molecule has 0 aromatic heterocycles. The normalized spacial score (nSPS) is 22.4. The molecule has 1 N–H and O–H groups in total. The fourth-order valence-electron chi connectivity index (χ4n) is 2.87. The highest BCUT2D eigenvalue weighted by Crippen LogP contribution is 2.18. The molecule has 2 rings (SSSR count). The molecule has 3 heteroatoms. The first-order valence-corrected chi connectivity index (χ1v) is 7.36. The molecule has 1 aliphatic heterocycles. The van der Waals surface area contributed by atoms with Crippen LogP contribution in [0.1, 0.15) is 44.2 Å². The zero-order valence-corrected chi connectivity index (χ0v) is 12.0. The highest BCUT2D eigenvalue weighted by atomic mass is 19.1. The Morgan fingerprint density at radius 2 is 2.26 bits per heavy atom. The van der Waals surface area contributed by atoms with Gasteiger partial charge in [-0.3, -0.25) is 0 Å². The van der Waals surface area contributed by atoms with Gasteiger partial charge >= 0.3 is 0 Å². The van der Waals surface area contributed by atoms with Gasteiger partial charge in [-0.2, -0.15) is 0 Å². The molecule has 0 radical (unpaired) electrons. The minimum Gasteiger partial charge on any atom is -0.310 e. The molecule has 1 heterocycles. The van der Waals surface area contributed by atoms with E-state index in [9.17, 15) is 4.39 Å². The fraction of sp³-hybridized carbons (Fsp3) is 0.625. The largest absolute Gasteiger partial charge is 0.310 e. The van der Waals surface area contributed by atoms with E-state index >= 15 is 0 Å². The van der Waals surface area contributed by atoms with Gasteiger partial charge in [0.25, 0.3) is 0 Å². The summed E-state index contributed by atoms with van der Waals surface area (Å²) >= 11 is 0. The molecule has 1 aromatic rings. The van der Waals surface area contributed by atoms with Gasteiger partial charge in [0, 0.05) is 12.1 Å². The predicted octanol–water partition coefficient (Wildman–Crippen LogP) is 3.35. The number of nitrogens with zero attached hydrogens (tertiary/aromatic N) is 1. The van der Waals surface area contributed by atoms with Crippen LogP contribution >= 0.6 is 0 Å². The van der Waals surface area contributed by atoms with Crippen LogP contribution in [-0.2, 0) is 0 Å². The average Bonchev–Trinajstić information content (AvgIpc) is 2.41. The molecule has 106 valence electrons. The molecule has 0 saturated carbocycles. The summed E-state index contributed by atoms with van der Waals surface area (Å²) in [4.78, 5) is 2.47. The van der Waals surface area contributed by atoms with Crippen LogP contribution in [0.5, 0.6) is 0 Å². The van der Waals surface area contributed by atoms with E-state index in [1.807, 2.05) is 6.07 Å². The van der Waals surface area contributed by atoms with Crippen molar-refractivity contribution in [1.82, 2.24) is 10.2 Å². The molecule has 1 aliphatic rings. The van der Waals surface area contributed by atoms with Crippen LogP contribution in [-0.4, -0.2) is 31.1 Å². The molecule has 0 amide bonds. The Balaban J connectivity index is 1.76. The number of piperidine rings is 1. The Morgan fingerprint density at radius 3 is 3.00 bits per heavy atom. The van der Waals surface area contributed by atoms with Crippen LogP contribution in [0.2, 0.25) is 0 Å². The van der Waals surface area contributed by atoms with E-state index in [2.05, 4.69) is 24.2 Å². The van der Waals surface area contributed by atoms with Gasteiger partial charge in [-0.15, -0.1) is 0 Å². The molecule has 2 unspecified atom stereocenters. The van der Waals surface area contributed by atoms with Gasteiger partial charge in [-0.05, 0) is 64.0 Å². The van der Waals surface area contributed by atoms with Crippen LogP contribution in [0.25, 0.3) is 0 Å². The third kappa shape index (κ3) is 4.29. The lowest BCUT2D eigenvalue weighted by molar-refractivity contribution is 0.174. The molecule has 0 bridgehead atoms. The Morgan fingerprint density at radius 1 is 1.42 bits per heavy atom. The Labute approximate surface area is 116 Å². The number of hydrogen-bond acceptors (Lipinski definition) is 2. The third-order valence-corrected chi connectivity index (χ3v) is 4.20. The van der Waals surface area contributed by atoms with E-state index in [1.165, 1.54) is 38.3 Å². The van der Waals surface area contributed by atoms with Crippen molar-refractivity contribution in [3.63, 3.8) is 0 Å². The van der Waals surface area contributed by atoms with Crippen molar-refractivity contribution < 1.29 is 4.39 Å². The summed E-state index contributed by atoms with van der Waals surface area (Å²) in [5.41, 5.74) is 1.02. The van der Waals surface area contributed by atoms with Crippen LogP contribution in [0.4, 0.5) is 4.39 Å². The molecular formula is C16H25FN2. The van der Waals surface area contributed by atoms with Gasteiger partial charge in [0.15, 0.2) is 0 Å². The average molecular weight is 264 g/mol. The summed E-state index contributed by atoms with van der Waals surface area (Å²) in [6.07, 6.45) is 5.18. The molecular weight excluding hydrogens is 239 g/mol. The van der Waals surface area contributed by atoms with Gasteiger partial charge in [0.05, 0.1) is 0 Å². The molecule has 0 aliphatic carbocycles. The lowest BCUT2D eigenvalue weighted by Gasteiger charge is -2.32. The summed E-state index contributed by atoms with van der Waals surface area (Å²) in [6, 6.07) is 7.79. The maximum Gasteiger partial charge on any atom is 0.123 e. The van der Waals surface area contributed by atoms with Crippen molar-refractivity contribution in [2.24, 2.45) is 0 Å². The maximum absolute atomic E-state index is 13.2. The summed E-state index contributed by atoms with van der Waals surface area (Å²) < 4.78 is 13.2. The smallest absolute Gasteiger partial charge is 0.123 e. The first-order chi connectivity index (χ1) is 9.16. The molecule has 2 atom stereocenters.